The van der Waals surface area contributed by atoms with Crippen molar-refractivity contribution in [3.05, 3.63) is 28.4 Å². The number of hydrogen-bond acceptors (Lipinski definition) is 4. The Kier molecular flexibility index (Phi) is 2.31. The van der Waals surface area contributed by atoms with Gasteiger partial charge in [-0.15, -0.1) is 10.2 Å². The van der Waals surface area contributed by atoms with E-state index in [0.29, 0.717) is 16.5 Å². The third kappa shape index (κ3) is 1.66. The zero-order valence-corrected chi connectivity index (χ0v) is 8.38. The van der Waals surface area contributed by atoms with E-state index in [1.165, 1.54) is 0 Å². The molecule has 0 fully saturated rings. The summed E-state index contributed by atoms with van der Waals surface area (Å²) < 4.78 is 5.13. The summed E-state index contributed by atoms with van der Waals surface area (Å²) >= 11 is 11.4. The Morgan fingerprint density at radius 1 is 1.21 bits per heavy atom. The first-order chi connectivity index (χ1) is 6.66. The van der Waals surface area contributed by atoms with Crippen LogP contribution in [0.3, 0.4) is 0 Å². The van der Waals surface area contributed by atoms with Gasteiger partial charge in [-0.25, -0.2) is 0 Å². The van der Waals surface area contributed by atoms with Crippen molar-refractivity contribution in [1.29, 1.82) is 0 Å². The quantitative estimate of drug-likeness (QED) is 0.817. The Balaban J connectivity index is 2.47. The van der Waals surface area contributed by atoms with Crippen molar-refractivity contribution in [2.45, 2.75) is 0 Å². The van der Waals surface area contributed by atoms with Crippen LogP contribution in [-0.2, 0) is 0 Å². The zero-order valence-electron chi connectivity index (χ0n) is 6.87. The molecule has 2 heterocycles. The maximum absolute atomic E-state index is 5.77. The van der Waals surface area contributed by atoms with Gasteiger partial charge >= 0.3 is 0 Å². The number of hydrogen-bond donors (Lipinski definition) is 1. The highest BCUT2D eigenvalue weighted by molar-refractivity contribution is 6.33. The van der Waals surface area contributed by atoms with Crippen molar-refractivity contribution in [3.63, 3.8) is 0 Å². The molecular weight excluding hydrogens is 225 g/mol. The second-order valence-electron chi connectivity index (χ2n) is 2.57. The minimum Gasteiger partial charge on any atom is -0.443 e. The number of rotatable bonds is 1. The molecule has 0 aliphatic rings. The van der Waals surface area contributed by atoms with Crippen molar-refractivity contribution in [2.75, 3.05) is 5.73 Å². The van der Waals surface area contributed by atoms with Crippen LogP contribution in [0, 0.1) is 0 Å². The summed E-state index contributed by atoms with van der Waals surface area (Å²) in [5.41, 5.74) is 5.91. The molecule has 0 radical (unpaired) electrons. The molecule has 0 unspecified atom stereocenters. The highest BCUT2D eigenvalue weighted by atomic mass is 35.5. The standard InChI is InChI=1S/C8H5Cl2N3O/c9-4-3-5(12-13-8(4)11)6-1-2-7(10)14-6/h1-3H,(H2,11,13). The van der Waals surface area contributed by atoms with E-state index in [4.69, 9.17) is 33.4 Å². The second-order valence-corrected chi connectivity index (χ2v) is 3.35. The Bertz CT molecular complexity index is 469. The molecule has 0 aliphatic heterocycles. The average molecular weight is 230 g/mol. The molecule has 0 atom stereocenters. The molecule has 4 nitrogen and oxygen atoms in total. The van der Waals surface area contributed by atoms with Crippen molar-refractivity contribution in [2.24, 2.45) is 0 Å². The van der Waals surface area contributed by atoms with Gasteiger partial charge in [0, 0.05) is 0 Å². The lowest BCUT2D eigenvalue weighted by atomic mass is 10.3. The van der Waals surface area contributed by atoms with E-state index in [0.717, 1.165) is 0 Å². The minimum absolute atomic E-state index is 0.188. The summed E-state index contributed by atoms with van der Waals surface area (Å²) in [6.07, 6.45) is 0. The Labute approximate surface area is 89.6 Å². The number of nitrogens with zero attached hydrogens (tertiary/aromatic N) is 2. The monoisotopic (exact) mass is 229 g/mol. The van der Waals surface area contributed by atoms with Gasteiger partial charge in [-0.1, -0.05) is 11.6 Å². The Morgan fingerprint density at radius 3 is 2.57 bits per heavy atom. The third-order valence-electron chi connectivity index (χ3n) is 1.60. The fourth-order valence-electron chi connectivity index (χ4n) is 0.951. The van der Waals surface area contributed by atoms with Gasteiger partial charge in [0.15, 0.2) is 16.8 Å². The first-order valence-corrected chi connectivity index (χ1v) is 4.47. The normalized spacial score (nSPS) is 10.4. The fourth-order valence-corrected chi connectivity index (χ4v) is 1.24. The molecular formula is C8H5Cl2N3O. The number of halogens is 2. The van der Waals surface area contributed by atoms with Gasteiger partial charge in [0.25, 0.3) is 0 Å². The number of nitrogen functional groups attached to an aromatic ring is 1. The summed E-state index contributed by atoms with van der Waals surface area (Å²) in [6.45, 7) is 0. The lowest BCUT2D eigenvalue weighted by molar-refractivity contribution is 0.581. The summed E-state index contributed by atoms with van der Waals surface area (Å²) in [4.78, 5) is 0. The molecule has 2 aromatic heterocycles. The minimum atomic E-state index is 0.188. The topological polar surface area (TPSA) is 64.9 Å². The first kappa shape index (κ1) is 9.30. The molecule has 0 saturated heterocycles. The molecule has 0 spiro atoms. The van der Waals surface area contributed by atoms with E-state index in [9.17, 15) is 0 Å². The van der Waals surface area contributed by atoms with Crippen LogP contribution in [-0.4, -0.2) is 10.2 Å². The van der Waals surface area contributed by atoms with Gasteiger partial charge in [0.1, 0.15) is 5.69 Å². The smallest absolute Gasteiger partial charge is 0.194 e. The largest absolute Gasteiger partial charge is 0.443 e. The van der Waals surface area contributed by atoms with Crippen LogP contribution in [0.5, 0.6) is 0 Å². The van der Waals surface area contributed by atoms with Gasteiger partial charge in [0.2, 0.25) is 0 Å². The lowest BCUT2D eigenvalue weighted by Gasteiger charge is -1.97. The zero-order chi connectivity index (χ0) is 10.1. The van der Waals surface area contributed by atoms with Crippen LogP contribution in [0.2, 0.25) is 10.2 Å². The molecule has 6 heteroatoms. The SMILES string of the molecule is Nc1nnc(-c2ccc(Cl)o2)cc1Cl. The van der Waals surface area contributed by atoms with Crippen molar-refractivity contribution < 1.29 is 4.42 Å². The maximum atomic E-state index is 5.77. The lowest BCUT2D eigenvalue weighted by Crippen LogP contribution is -1.95. The van der Waals surface area contributed by atoms with Crippen molar-refractivity contribution >= 4 is 29.0 Å². The molecule has 2 aromatic rings. The summed E-state index contributed by atoms with van der Waals surface area (Å²) in [5.74, 6) is 0.692. The molecule has 72 valence electrons. The predicted octanol–water partition coefficient (Wildman–Crippen LogP) is 2.63. The van der Waals surface area contributed by atoms with Crippen molar-refractivity contribution in [3.8, 4) is 11.5 Å². The molecule has 0 amide bonds. The van der Waals surface area contributed by atoms with E-state index in [-0.39, 0.29) is 11.0 Å². The van der Waals surface area contributed by atoms with Crippen LogP contribution in [0.15, 0.2) is 22.6 Å². The highest BCUT2D eigenvalue weighted by Crippen LogP contribution is 2.25. The summed E-state index contributed by atoms with van der Waals surface area (Å²) in [5, 5.41) is 8.09. The highest BCUT2D eigenvalue weighted by Gasteiger charge is 2.07. The molecule has 0 aliphatic carbocycles. The fraction of sp³-hybridized carbons (Fsp3) is 0. The molecule has 2 rings (SSSR count). The van der Waals surface area contributed by atoms with Gasteiger partial charge in [-0.05, 0) is 29.8 Å². The molecule has 0 aromatic carbocycles. The van der Waals surface area contributed by atoms with Crippen LogP contribution in [0.25, 0.3) is 11.5 Å². The third-order valence-corrected chi connectivity index (χ3v) is 2.11. The van der Waals surface area contributed by atoms with Crippen LogP contribution < -0.4 is 5.73 Å². The van der Waals surface area contributed by atoms with Crippen LogP contribution in [0.4, 0.5) is 5.82 Å². The summed E-state index contributed by atoms with van der Waals surface area (Å²) in [6, 6.07) is 4.86. The first-order valence-electron chi connectivity index (χ1n) is 3.71. The Morgan fingerprint density at radius 2 is 2.00 bits per heavy atom. The van der Waals surface area contributed by atoms with Crippen LogP contribution >= 0.6 is 23.2 Å². The molecule has 2 N–H and O–H groups in total. The molecule has 14 heavy (non-hydrogen) atoms. The summed E-state index contributed by atoms with van der Waals surface area (Å²) in [7, 11) is 0. The molecule has 0 saturated carbocycles. The van der Waals surface area contributed by atoms with E-state index >= 15 is 0 Å². The predicted molar refractivity (Wildman–Crippen MR) is 54.2 cm³/mol. The molecule has 0 bridgehead atoms. The average Bonchev–Trinajstić information content (AvgIpc) is 2.57. The van der Waals surface area contributed by atoms with Crippen molar-refractivity contribution in [1.82, 2.24) is 10.2 Å². The van der Waals surface area contributed by atoms with Gasteiger partial charge < -0.3 is 10.2 Å². The van der Waals surface area contributed by atoms with Gasteiger partial charge in [0.05, 0.1) is 5.02 Å². The number of anilines is 1. The Hall–Kier alpha value is -1.26. The van der Waals surface area contributed by atoms with E-state index in [1.807, 2.05) is 0 Å². The number of furan rings is 1. The van der Waals surface area contributed by atoms with E-state index in [1.54, 1.807) is 18.2 Å². The van der Waals surface area contributed by atoms with E-state index < -0.39 is 0 Å². The number of nitrogens with two attached hydrogens (primary N) is 1. The van der Waals surface area contributed by atoms with Gasteiger partial charge in [-0.2, -0.15) is 0 Å². The van der Waals surface area contributed by atoms with Gasteiger partial charge in [-0.3, -0.25) is 0 Å². The number of aromatic nitrogens is 2. The van der Waals surface area contributed by atoms with Crippen LogP contribution in [0.1, 0.15) is 0 Å². The second kappa shape index (κ2) is 3.48. The maximum Gasteiger partial charge on any atom is 0.194 e. The van der Waals surface area contributed by atoms with E-state index in [2.05, 4.69) is 10.2 Å².